The Balaban J connectivity index is 2.17. The molecule has 104 valence electrons. The van der Waals surface area contributed by atoms with Gasteiger partial charge >= 0.3 is 0 Å². The third kappa shape index (κ3) is 2.92. The molecule has 1 aliphatic heterocycles. The first-order valence-electron chi connectivity index (χ1n) is 6.39. The summed E-state index contributed by atoms with van der Waals surface area (Å²) >= 11 is 0. The van der Waals surface area contributed by atoms with E-state index < -0.39 is 11.6 Å². The maximum absolute atomic E-state index is 13.8. The van der Waals surface area contributed by atoms with Gasteiger partial charge in [0.25, 0.3) is 0 Å². The topological polar surface area (TPSA) is 32.3 Å². The molecule has 1 aliphatic rings. The summed E-state index contributed by atoms with van der Waals surface area (Å²) in [7, 11) is 3.38. The number of carbonyl (C=O) groups is 1. The lowest BCUT2D eigenvalue weighted by molar-refractivity contribution is -0.131. The molecule has 0 saturated carbocycles. The van der Waals surface area contributed by atoms with Gasteiger partial charge in [-0.05, 0) is 36.9 Å². The number of benzene rings is 1. The van der Waals surface area contributed by atoms with Crippen LogP contribution in [0.15, 0.2) is 18.2 Å². The number of nitrogens with one attached hydrogen (secondary N) is 1. The largest absolute Gasteiger partial charge is 0.347 e. The van der Waals surface area contributed by atoms with Crippen LogP contribution in [-0.2, 0) is 4.79 Å². The second kappa shape index (κ2) is 5.65. The summed E-state index contributed by atoms with van der Waals surface area (Å²) in [5.74, 6) is -1.76. The van der Waals surface area contributed by atoms with Crippen molar-refractivity contribution < 1.29 is 13.6 Å². The zero-order valence-electron chi connectivity index (χ0n) is 11.1. The molecule has 1 saturated heterocycles. The SMILES string of the molecule is CN(C)C(=O)C1CC(c2cccc(F)c2F)CCN1. The Hall–Kier alpha value is -1.49. The predicted octanol–water partition coefficient (Wildman–Crippen LogP) is 1.89. The summed E-state index contributed by atoms with van der Waals surface area (Å²) in [6.07, 6.45) is 1.20. The molecule has 3 nitrogen and oxygen atoms in total. The number of piperidine rings is 1. The highest BCUT2D eigenvalue weighted by Crippen LogP contribution is 2.30. The molecule has 1 aromatic rings. The van der Waals surface area contributed by atoms with Gasteiger partial charge < -0.3 is 10.2 Å². The van der Waals surface area contributed by atoms with E-state index in [1.807, 2.05) is 0 Å². The van der Waals surface area contributed by atoms with Gasteiger partial charge in [-0.25, -0.2) is 8.78 Å². The minimum atomic E-state index is -0.827. The summed E-state index contributed by atoms with van der Waals surface area (Å²) < 4.78 is 27.0. The van der Waals surface area contributed by atoms with E-state index in [0.717, 1.165) is 6.07 Å². The van der Waals surface area contributed by atoms with Crippen molar-refractivity contribution in [1.29, 1.82) is 0 Å². The van der Waals surface area contributed by atoms with Crippen LogP contribution in [0, 0.1) is 11.6 Å². The highest BCUT2D eigenvalue weighted by atomic mass is 19.2. The molecule has 1 heterocycles. The number of carbonyl (C=O) groups excluding carboxylic acids is 1. The maximum atomic E-state index is 13.8. The highest BCUT2D eigenvalue weighted by Gasteiger charge is 2.30. The van der Waals surface area contributed by atoms with Crippen molar-refractivity contribution in [2.45, 2.75) is 24.8 Å². The number of amides is 1. The number of hydrogen-bond donors (Lipinski definition) is 1. The van der Waals surface area contributed by atoms with Crippen LogP contribution < -0.4 is 5.32 Å². The van der Waals surface area contributed by atoms with Crippen molar-refractivity contribution in [1.82, 2.24) is 10.2 Å². The van der Waals surface area contributed by atoms with Crippen molar-refractivity contribution >= 4 is 5.91 Å². The van der Waals surface area contributed by atoms with Crippen molar-refractivity contribution in [2.24, 2.45) is 0 Å². The smallest absolute Gasteiger partial charge is 0.239 e. The van der Waals surface area contributed by atoms with Crippen molar-refractivity contribution in [3.8, 4) is 0 Å². The molecule has 0 radical (unpaired) electrons. The van der Waals surface area contributed by atoms with Gasteiger partial charge in [0, 0.05) is 14.1 Å². The molecule has 1 N–H and O–H groups in total. The Morgan fingerprint density at radius 3 is 2.79 bits per heavy atom. The van der Waals surface area contributed by atoms with Gasteiger partial charge in [-0.2, -0.15) is 0 Å². The molecule has 0 bridgehead atoms. The van der Waals surface area contributed by atoms with E-state index in [-0.39, 0.29) is 17.9 Å². The first-order valence-corrected chi connectivity index (χ1v) is 6.39. The maximum Gasteiger partial charge on any atom is 0.239 e. The highest BCUT2D eigenvalue weighted by molar-refractivity contribution is 5.81. The molecule has 1 aromatic carbocycles. The van der Waals surface area contributed by atoms with Gasteiger partial charge in [-0.1, -0.05) is 12.1 Å². The quantitative estimate of drug-likeness (QED) is 0.888. The molecule has 1 amide bonds. The molecule has 5 heteroatoms. The van der Waals surface area contributed by atoms with Crippen LogP contribution in [0.2, 0.25) is 0 Å². The van der Waals surface area contributed by atoms with Gasteiger partial charge in [-0.15, -0.1) is 0 Å². The number of rotatable bonds is 2. The second-order valence-electron chi connectivity index (χ2n) is 5.10. The normalized spacial score (nSPS) is 23.2. The Morgan fingerprint density at radius 1 is 1.37 bits per heavy atom. The second-order valence-corrected chi connectivity index (χ2v) is 5.10. The number of hydrogen-bond acceptors (Lipinski definition) is 2. The molecule has 19 heavy (non-hydrogen) atoms. The van der Waals surface area contributed by atoms with E-state index in [1.54, 1.807) is 20.2 Å². The van der Waals surface area contributed by atoms with Crippen molar-refractivity contribution in [2.75, 3.05) is 20.6 Å². The van der Waals surface area contributed by atoms with E-state index in [2.05, 4.69) is 5.32 Å². The van der Waals surface area contributed by atoms with E-state index >= 15 is 0 Å². The number of nitrogens with zero attached hydrogens (tertiary/aromatic N) is 1. The molecular formula is C14H18F2N2O. The van der Waals surface area contributed by atoms with E-state index in [0.29, 0.717) is 24.9 Å². The fourth-order valence-corrected chi connectivity index (χ4v) is 2.54. The average Bonchev–Trinajstić information content (AvgIpc) is 2.41. The molecule has 0 aliphatic carbocycles. The summed E-state index contributed by atoms with van der Waals surface area (Å²) in [6.45, 7) is 0.630. The summed E-state index contributed by atoms with van der Waals surface area (Å²) in [4.78, 5) is 13.4. The van der Waals surface area contributed by atoms with Gasteiger partial charge in [-0.3, -0.25) is 4.79 Å². The van der Waals surface area contributed by atoms with Crippen LogP contribution in [0.1, 0.15) is 24.3 Å². The van der Waals surface area contributed by atoms with Crippen LogP contribution in [0.25, 0.3) is 0 Å². The summed E-state index contributed by atoms with van der Waals surface area (Å²) in [5.41, 5.74) is 0.373. The Morgan fingerprint density at radius 2 is 2.11 bits per heavy atom. The van der Waals surface area contributed by atoms with E-state index in [1.165, 1.54) is 11.0 Å². The minimum absolute atomic E-state index is 0.0264. The standard InChI is InChI=1S/C14H18F2N2O/c1-18(2)14(19)12-8-9(6-7-17-12)10-4-3-5-11(15)13(10)16/h3-5,9,12,17H,6-8H2,1-2H3. The minimum Gasteiger partial charge on any atom is -0.347 e. The molecule has 2 atom stereocenters. The van der Waals surface area contributed by atoms with E-state index in [9.17, 15) is 13.6 Å². The Kier molecular flexibility index (Phi) is 4.14. The first kappa shape index (κ1) is 13.9. The first-order chi connectivity index (χ1) is 9.00. The number of halogens is 2. The average molecular weight is 268 g/mol. The summed E-state index contributed by atoms with van der Waals surface area (Å²) in [5, 5.41) is 3.13. The zero-order chi connectivity index (χ0) is 14.0. The van der Waals surface area contributed by atoms with Crippen LogP contribution in [-0.4, -0.2) is 37.5 Å². The Labute approximate surface area is 111 Å². The van der Waals surface area contributed by atoms with Crippen LogP contribution >= 0.6 is 0 Å². The van der Waals surface area contributed by atoms with E-state index in [4.69, 9.17) is 0 Å². The van der Waals surface area contributed by atoms with Gasteiger partial charge in [0.15, 0.2) is 11.6 Å². The van der Waals surface area contributed by atoms with Crippen LogP contribution in [0.3, 0.4) is 0 Å². The molecule has 2 rings (SSSR count). The van der Waals surface area contributed by atoms with Gasteiger partial charge in [0.05, 0.1) is 6.04 Å². The van der Waals surface area contributed by atoms with Gasteiger partial charge in [0.2, 0.25) is 5.91 Å². The third-order valence-electron chi connectivity index (χ3n) is 3.56. The molecular weight excluding hydrogens is 250 g/mol. The zero-order valence-corrected chi connectivity index (χ0v) is 11.1. The third-order valence-corrected chi connectivity index (χ3v) is 3.56. The van der Waals surface area contributed by atoms with Crippen molar-refractivity contribution in [3.63, 3.8) is 0 Å². The lowest BCUT2D eigenvalue weighted by Gasteiger charge is -2.31. The molecule has 1 fully saturated rings. The van der Waals surface area contributed by atoms with Crippen molar-refractivity contribution in [3.05, 3.63) is 35.4 Å². The molecule has 2 unspecified atom stereocenters. The number of likely N-dealkylation sites (N-methyl/N-ethyl adjacent to an activating group) is 1. The summed E-state index contributed by atoms with van der Waals surface area (Å²) in [6, 6.07) is 3.91. The lowest BCUT2D eigenvalue weighted by Crippen LogP contribution is -2.47. The molecule has 0 spiro atoms. The Bertz CT molecular complexity index is 477. The lowest BCUT2D eigenvalue weighted by atomic mass is 9.85. The van der Waals surface area contributed by atoms with Gasteiger partial charge in [0.1, 0.15) is 0 Å². The fourth-order valence-electron chi connectivity index (χ4n) is 2.54. The fraction of sp³-hybridized carbons (Fsp3) is 0.500. The van der Waals surface area contributed by atoms with Crippen LogP contribution in [0.5, 0.6) is 0 Å². The molecule has 0 aromatic heterocycles. The monoisotopic (exact) mass is 268 g/mol. The predicted molar refractivity (Wildman–Crippen MR) is 68.8 cm³/mol. The van der Waals surface area contributed by atoms with Crippen LogP contribution in [0.4, 0.5) is 8.78 Å².